The van der Waals surface area contributed by atoms with E-state index in [1.54, 1.807) is 25.5 Å². The van der Waals surface area contributed by atoms with Crippen molar-refractivity contribution in [2.45, 2.75) is 4.90 Å². The van der Waals surface area contributed by atoms with E-state index >= 15 is 0 Å². The monoisotopic (exact) mass is 392 g/mol. The second-order valence-electron chi connectivity index (χ2n) is 5.42. The molecule has 0 bridgehead atoms. The number of hydrazone groups is 1. The quantitative estimate of drug-likeness (QED) is 0.446. The van der Waals surface area contributed by atoms with Gasteiger partial charge < -0.3 is 10.1 Å². The largest absolute Gasteiger partial charge is 0.497 e. The first-order valence-electron chi connectivity index (χ1n) is 7.59. The maximum Gasteiger partial charge on any atom is 0.242 e. The molecule has 0 heterocycles. The Hall–Kier alpha value is -2.49. The van der Waals surface area contributed by atoms with E-state index in [1.807, 2.05) is 24.3 Å². The highest BCUT2D eigenvalue weighted by Crippen LogP contribution is 2.17. The third-order valence-corrected chi connectivity index (χ3v) is 5.35. The number of methoxy groups -OCH3 is 1. The summed E-state index contributed by atoms with van der Waals surface area (Å²) in [6.07, 6.45) is 1.60. The number of nitrogens with zero attached hydrogens (tertiary/aromatic N) is 2. The van der Waals surface area contributed by atoms with E-state index in [4.69, 9.17) is 17.0 Å². The molecule has 0 aliphatic heterocycles. The summed E-state index contributed by atoms with van der Waals surface area (Å²) in [5.41, 5.74) is 4.08. The van der Waals surface area contributed by atoms with E-state index in [9.17, 15) is 8.42 Å². The van der Waals surface area contributed by atoms with Crippen molar-refractivity contribution in [1.29, 1.82) is 0 Å². The molecule has 0 aromatic heterocycles. The summed E-state index contributed by atoms with van der Waals surface area (Å²) in [5, 5.41) is 7.19. The summed E-state index contributed by atoms with van der Waals surface area (Å²) in [5.74, 6) is 0.730. The molecule has 0 aliphatic carbocycles. The van der Waals surface area contributed by atoms with Crippen LogP contribution < -0.4 is 15.5 Å². The van der Waals surface area contributed by atoms with Crippen molar-refractivity contribution in [3.8, 4) is 5.75 Å². The first kappa shape index (κ1) is 19.8. The normalized spacial score (nSPS) is 11.5. The number of rotatable bonds is 6. The predicted molar refractivity (Wildman–Crippen MR) is 107 cm³/mol. The van der Waals surface area contributed by atoms with E-state index in [0.29, 0.717) is 5.69 Å². The predicted octanol–water partition coefficient (Wildman–Crippen LogP) is 2.27. The van der Waals surface area contributed by atoms with E-state index in [1.165, 1.54) is 26.2 Å². The molecule has 0 atom stereocenters. The van der Waals surface area contributed by atoms with Gasteiger partial charge in [0.25, 0.3) is 0 Å². The van der Waals surface area contributed by atoms with Crippen molar-refractivity contribution >= 4 is 39.3 Å². The average molecular weight is 393 g/mol. The van der Waals surface area contributed by atoms with Crippen LogP contribution in [0, 0.1) is 0 Å². The first-order valence-corrected chi connectivity index (χ1v) is 9.44. The highest BCUT2D eigenvalue weighted by atomic mass is 32.2. The summed E-state index contributed by atoms with van der Waals surface area (Å²) in [6.45, 7) is 0. The SMILES string of the molecule is COc1cccc(/C=N\NC(=S)Nc2cccc(S(=O)(=O)N(C)C)c2)c1. The third kappa shape index (κ3) is 5.25. The Morgan fingerprint density at radius 3 is 2.62 bits per heavy atom. The topological polar surface area (TPSA) is 83.0 Å². The standard InChI is InChI=1S/C17H20N4O3S2/c1-21(2)26(22,23)16-9-5-7-14(11-16)19-17(25)20-18-12-13-6-4-8-15(10-13)24-3/h4-12H,1-3H3,(H2,19,20,25)/b18-12-. The third-order valence-electron chi connectivity index (χ3n) is 3.34. The number of hydrogen-bond donors (Lipinski definition) is 2. The molecular weight excluding hydrogens is 372 g/mol. The van der Waals surface area contributed by atoms with Crippen molar-refractivity contribution in [3.05, 3.63) is 54.1 Å². The van der Waals surface area contributed by atoms with Crippen LogP contribution >= 0.6 is 12.2 Å². The van der Waals surface area contributed by atoms with Gasteiger partial charge in [-0.25, -0.2) is 12.7 Å². The molecule has 2 aromatic rings. The smallest absolute Gasteiger partial charge is 0.242 e. The summed E-state index contributed by atoms with van der Waals surface area (Å²) < 4.78 is 30.6. The van der Waals surface area contributed by atoms with Crippen molar-refractivity contribution in [3.63, 3.8) is 0 Å². The van der Waals surface area contributed by atoms with E-state index in [0.717, 1.165) is 15.6 Å². The highest BCUT2D eigenvalue weighted by Gasteiger charge is 2.17. The fourth-order valence-electron chi connectivity index (χ4n) is 1.99. The number of nitrogens with one attached hydrogen (secondary N) is 2. The van der Waals surface area contributed by atoms with Gasteiger partial charge in [-0.1, -0.05) is 18.2 Å². The van der Waals surface area contributed by atoms with Crippen molar-refractivity contribution in [1.82, 2.24) is 9.73 Å². The summed E-state index contributed by atoms with van der Waals surface area (Å²) >= 11 is 5.17. The van der Waals surface area contributed by atoms with Crippen molar-refractivity contribution in [2.24, 2.45) is 5.10 Å². The molecule has 0 spiro atoms. The molecule has 9 heteroatoms. The van der Waals surface area contributed by atoms with Crippen LogP contribution in [-0.4, -0.2) is 45.3 Å². The maximum atomic E-state index is 12.2. The number of benzene rings is 2. The second-order valence-corrected chi connectivity index (χ2v) is 7.98. The van der Waals surface area contributed by atoms with Crippen LogP contribution in [0.25, 0.3) is 0 Å². The van der Waals surface area contributed by atoms with Crippen LogP contribution in [0.2, 0.25) is 0 Å². The zero-order valence-corrected chi connectivity index (χ0v) is 16.3. The van der Waals surface area contributed by atoms with Crippen molar-refractivity contribution in [2.75, 3.05) is 26.5 Å². The van der Waals surface area contributed by atoms with Gasteiger partial charge in [-0.05, 0) is 48.1 Å². The van der Waals surface area contributed by atoms with Gasteiger partial charge in [-0.2, -0.15) is 5.10 Å². The fraction of sp³-hybridized carbons (Fsp3) is 0.176. The van der Waals surface area contributed by atoms with Crippen LogP contribution in [0.3, 0.4) is 0 Å². The Balaban J connectivity index is 2.01. The number of thiocarbonyl (C=S) groups is 1. The molecule has 138 valence electrons. The molecule has 2 rings (SSSR count). The fourth-order valence-corrected chi connectivity index (χ4v) is 3.11. The highest BCUT2D eigenvalue weighted by molar-refractivity contribution is 7.89. The van der Waals surface area contributed by atoms with Gasteiger partial charge in [0.15, 0.2) is 5.11 Å². The lowest BCUT2D eigenvalue weighted by Crippen LogP contribution is -2.25. The number of hydrogen-bond acceptors (Lipinski definition) is 5. The molecule has 0 radical (unpaired) electrons. The van der Waals surface area contributed by atoms with Crippen LogP contribution in [0.15, 0.2) is 58.5 Å². The molecule has 0 saturated heterocycles. The molecule has 0 saturated carbocycles. The van der Waals surface area contributed by atoms with Gasteiger partial charge in [0.2, 0.25) is 10.0 Å². The van der Waals surface area contributed by atoms with Crippen LogP contribution in [-0.2, 0) is 10.0 Å². The minimum absolute atomic E-state index is 0.176. The Kier molecular flexibility index (Phi) is 6.67. The zero-order chi connectivity index (χ0) is 19.2. The summed E-state index contributed by atoms with van der Waals surface area (Å²) in [6, 6.07) is 13.8. The summed E-state index contributed by atoms with van der Waals surface area (Å²) in [7, 11) is 1.05. The van der Waals surface area contributed by atoms with Gasteiger partial charge in [0, 0.05) is 19.8 Å². The molecule has 26 heavy (non-hydrogen) atoms. The van der Waals surface area contributed by atoms with Crippen LogP contribution in [0.4, 0.5) is 5.69 Å². The molecule has 0 amide bonds. The van der Waals surface area contributed by atoms with Gasteiger partial charge >= 0.3 is 0 Å². The van der Waals surface area contributed by atoms with E-state index in [2.05, 4.69) is 15.8 Å². The molecule has 7 nitrogen and oxygen atoms in total. The van der Waals surface area contributed by atoms with E-state index in [-0.39, 0.29) is 10.0 Å². The zero-order valence-electron chi connectivity index (χ0n) is 14.6. The molecule has 0 fully saturated rings. The average Bonchev–Trinajstić information content (AvgIpc) is 2.62. The minimum Gasteiger partial charge on any atom is -0.497 e. The Labute approximate surface area is 158 Å². The minimum atomic E-state index is -3.51. The lowest BCUT2D eigenvalue weighted by Gasteiger charge is -2.13. The van der Waals surface area contributed by atoms with Gasteiger partial charge in [-0.3, -0.25) is 5.43 Å². The van der Waals surface area contributed by atoms with Gasteiger partial charge in [-0.15, -0.1) is 0 Å². The Bertz CT molecular complexity index is 912. The van der Waals surface area contributed by atoms with Crippen LogP contribution in [0.5, 0.6) is 5.75 Å². The molecule has 2 aromatic carbocycles. The van der Waals surface area contributed by atoms with Crippen molar-refractivity contribution < 1.29 is 13.2 Å². The Morgan fingerprint density at radius 2 is 1.92 bits per heavy atom. The van der Waals surface area contributed by atoms with Crippen LogP contribution in [0.1, 0.15) is 5.56 Å². The maximum absolute atomic E-state index is 12.2. The lowest BCUT2D eigenvalue weighted by atomic mass is 10.2. The first-order chi connectivity index (χ1) is 12.3. The molecule has 0 unspecified atom stereocenters. The van der Waals surface area contributed by atoms with Gasteiger partial charge in [0.1, 0.15) is 5.75 Å². The molecular formula is C17H20N4O3S2. The summed E-state index contributed by atoms with van der Waals surface area (Å²) in [4.78, 5) is 0.176. The van der Waals surface area contributed by atoms with Gasteiger partial charge in [0.05, 0.1) is 18.2 Å². The number of sulfonamides is 1. The number of ether oxygens (including phenoxy) is 1. The second kappa shape index (κ2) is 8.75. The lowest BCUT2D eigenvalue weighted by molar-refractivity contribution is 0.415. The molecule has 2 N–H and O–H groups in total. The number of anilines is 1. The molecule has 0 aliphatic rings. The van der Waals surface area contributed by atoms with E-state index < -0.39 is 10.0 Å². The Morgan fingerprint density at radius 1 is 1.19 bits per heavy atom.